The van der Waals surface area contributed by atoms with Crippen LogP contribution < -0.4 is 5.82 Å². The van der Waals surface area contributed by atoms with Gasteiger partial charge in [0.15, 0.2) is 5.76 Å². The van der Waals surface area contributed by atoms with Crippen molar-refractivity contribution in [2.45, 2.75) is 59.3 Å². The summed E-state index contributed by atoms with van der Waals surface area (Å²) in [5, 5.41) is 0. The molecular formula is C18H26O3. The van der Waals surface area contributed by atoms with Gasteiger partial charge in [-0.25, -0.2) is 4.79 Å². The van der Waals surface area contributed by atoms with E-state index < -0.39 is 5.82 Å². The first-order chi connectivity index (χ1) is 9.76. The third-order valence-corrected chi connectivity index (χ3v) is 4.37. The lowest BCUT2D eigenvalue weighted by Gasteiger charge is -2.40. The predicted molar refractivity (Wildman–Crippen MR) is 85.8 cm³/mol. The lowest BCUT2D eigenvalue weighted by atomic mass is 9.63. The Morgan fingerprint density at radius 2 is 1.38 bits per heavy atom. The van der Waals surface area contributed by atoms with Crippen molar-refractivity contribution in [3.8, 4) is 0 Å². The van der Waals surface area contributed by atoms with E-state index in [1.807, 2.05) is 32.0 Å². The fourth-order valence-electron chi connectivity index (χ4n) is 2.41. The van der Waals surface area contributed by atoms with Crippen molar-refractivity contribution in [2.75, 3.05) is 0 Å². The maximum atomic E-state index is 11.3. The molecule has 2 aromatic rings. The lowest BCUT2D eigenvalue weighted by Crippen LogP contribution is -2.40. The van der Waals surface area contributed by atoms with E-state index in [-0.39, 0.29) is 10.8 Å². The van der Waals surface area contributed by atoms with Crippen LogP contribution >= 0.6 is 0 Å². The number of benzene rings is 1. The van der Waals surface area contributed by atoms with E-state index in [1.165, 1.54) is 5.56 Å². The molecule has 0 amide bonds. The average Bonchev–Trinajstić information content (AvgIpc) is 2.81. The van der Waals surface area contributed by atoms with Gasteiger partial charge in [-0.15, -0.1) is 0 Å². The van der Waals surface area contributed by atoms with Crippen LogP contribution in [0.1, 0.15) is 58.6 Å². The standard InChI is InChI=1S/C16H20O3.C2H6/c1-11-13(19-14(17)18-11)16(4,5)15(2,3)12-9-7-6-8-10-12;1-2/h6-10H,1-5H3;1-2H3. The number of aryl methyl sites for hydroxylation is 1. The topological polar surface area (TPSA) is 43.4 Å². The Bertz CT molecular complexity index is 615. The molecule has 1 heterocycles. The second-order valence-corrected chi connectivity index (χ2v) is 5.96. The van der Waals surface area contributed by atoms with E-state index in [0.717, 1.165) is 0 Å². The van der Waals surface area contributed by atoms with Gasteiger partial charge >= 0.3 is 5.82 Å². The van der Waals surface area contributed by atoms with Crippen molar-refractivity contribution in [3.63, 3.8) is 0 Å². The Morgan fingerprint density at radius 3 is 1.81 bits per heavy atom. The van der Waals surface area contributed by atoms with Crippen molar-refractivity contribution in [1.29, 1.82) is 0 Å². The molecule has 0 radical (unpaired) electrons. The highest BCUT2D eigenvalue weighted by Crippen LogP contribution is 2.44. The van der Waals surface area contributed by atoms with E-state index in [9.17, 15) is 4.79 Å². The summed E-state index contributed by atoms with van der Waals surface area (Å²) in [5.74, 6) is 0.537. The lowest BCUT2D eigenvalue weighted by molar-refractivity contribution is 0.243. The molecule has 0 aliphatic carbocycles. The van der Waals surface area contributed by atoms with Crippen LogP contribution in [0.4, 0.5) is 0 Å². The summed E-state index contributed by atoms with van der Waals surface area (Å²) in [6, 6.07) is 10.2. The molecule has 0 saturated carbocycles. The van der Waals surface area contributed by atoms with E-state index in [0.29, 0.717) is 11.5 Å². The van der Waals surface area contributed by atoms with Crippen LogP contribution in [-0.4, -0.2) is 0 Å². The summed E-state index contributed by atoms with van der Waals surface area (Å²) in [4.78, 5) is 11.3. The summed E-state index contributed by atoms with van der Waals surface area (Å²) in [6.45, 7) is 14.2. The first-order valence-corrected chi connectivity index (χ1v) is 7.43. The number of hydrogen-bond acceptors (Lipinski definition) is 3. The monoisotopic (exact) mass is 290 g/mol. The number of rotatable bonds is 3. The maximum absolute atomic E-state index is 11.3. The largest absolute Gasteiger partial charge is 0.519 e. The van der Waals surface area contributed by atoms with Gasteiger partial charge < -0.3 is 8.83 Å². The fraction of sp³-hybridized carbons (Fsp3) is 0.500. The van der Waals surface area contributed by atoms with Gasteiger partial charge in [0.1, 0.15) is 5.76 Å². The van der Waals surface area contributed by atoms with Gasteiger partial charge in [0.05, 0.1) is 0 Å². The fourth-order valence-corrected chi connectivity index (χ4v) is 2.41. The molecule has 1 aromatic carbocycles. The molecule has 0 aliphatic heterocycles. The quantitative estimate of drug-likeness (QED) is 0.813. The van der Waals surface area contributed by atoms with Crippen LogP contribution in [0, 0.1) is 6.92 Å². The number of hydrogen-bond donors (Lipinski definition) is 0. The predicted octanol–water partition coefficient (Wildman–Crippen LogP) is 4.82. The van der Waals surface area contributed by atoms with Crippen LogP contribution in [-0.2, 0) is 10.8 Å². The third-order valence-electron chi connectivity index (χ3n) is 4.37. The van der Waals surface area contributed by atoms with E-state index in [1.54, 1.807) is 6.92 Å². The van der Waals surface area contributed by atoms with Crippen LogP contribution in [0.15, 0.2) is 44.0 Å². The first kappa shape index (κ1) is 17.3. The molecule has 0 spiro atoms. The summed E-state index contributed by atoms with van der Waals surface area (Å²) in [5.41, 5.74) is 0.645. The van der Waals surface area contributed by atoms with Crippen molar-refractivity contribution >= 4 is 0 Å². The van der Waals surface area contributed by atoms with E-state index >= 15 is 0 Å². The second-order valence-electron chi connectivity index (χ2n) is 5.96. The summed E-state index contributed by atoms with van der Waals surface area (Å²) < 4.78 is 10.3. The SMILES string of the molecule is CC.Cc1oc(=O)oc1C(C)(C)C(C)(C)c1ccccc1. The molecule has 0 fully saturated rings. The second kappa shape index (κ2) is 6.33. The van der Waals surface area contributed by atoms with E-state index in [2.05, 4.69) is 39.8 Å². The minimum atomic E-state index is -0.635. The molecule has 116 valence electrons. The molecule has 0 atom stereocenters. The van der Waals surface area contributed by atoms with Gasteiger partial charge in [-0.3, -0.25) is 0 Å². The van der Waals surface area contributed by atoms with Crippen LogP contribution in [0.2, 0.25) is 0 Å². The smallest absolute Gasteiger partial charge is 0.396 e. The third kappa shape index (κ3) is 3.12. The molecule has 3 heteroatoms. The van der Waals surface area contributed by atoms with Crippen molar-refractivity contribution in [1.82, 2.24) is 0 Å². The van der Waals surface area contributed by atoms with Gasteiger partial charge in [0.2, 0.25) is 0 Å². The average molecular weight is 290 g/mol. The Kier molecular flexibility index (Phi) is 5.21. The summed E-state index contributed by atoms with van der Waals surface area (Å²) in [7, 11) is 0. The molecule has 0 bridgehead atoms. The van der Waals surface area contributed by atoms with Gasteiger partial charge in [0, 0.05) is 10.8 Å². The minimum Gasteiger partial charge on any atom is -0.396 e. The molecule has 3 nitrogen and oxygen atoms in total. The molecule has 0 aliphatic rings. The highest BCUT2D eigenvalue weighted by atomic mass is 16.6. The summed E-state index contributed by atoms with van der Waals surface area (Å²) in [6.07, 6.45) is 0. The Morgan fingerprint density at radius 1 is 0.857 bits per heavy atom. The Hall–Kier alpha value is -1.77. The maximum Gasteiger partial charge on any atom is 0.519 e. The zero-order chi connectivity index (χ0) is 16.3. The molecule has 0 saturated heterocycles. The molecular weight excluding hydrogens is 264 g/mol. The van der Waals surface area contributed by atoms with Crippen molar-refractivity contribution < 1.29 is 8.83 Å². The molecule has 1 aromatic heterocycles. The first-order valence-electron chi connectivity index (χ1n) is 7.43. The van der Waals surface area contributed by atoms with Gasteiger partial charge in [-0.05, 0) is 12.5 Å². The van der Waals surface area contributed by atoms with Crippen LogP contribution in [0.25, 0.3) is 0 Å². The molecule has 0 unspecified atom stereocenters. The highest BCUT2D eigenvalue weighted by molar-refractivity contribution is 5.33. The summed E-state index contributed by atoms with van der Waals surface area (Å²) >= 11 is 0. The van der Waals surface area contributed by atoms with E-state index in [4.69, 9.17) is 8.83 Å². The zero-order valence-electron chi connectivity index (χ0n) is 14.1. The Labute approximate surface area is 127 Å². The van der Waals surface area contributed by atoms with Crippen LogP contribution in [0.3, 0.4) is 0 Å². The van der Waals surface area contributed by atoms with Crippen LogP contribution in [0.5, 0.6) is 0 Å². The molecule has 21 heavy (non-hydrogen) atoms. The van der Waals surface area contributed by atoms with Gasteiger partial charge in [-0.2, -0.15) is 0 Å². The Balaban J connectivity index is 0.00000106. The molecule has 0 N–H and O–H groups in total. The van der Waals surface area contributed by atoms with Gasteiger partial charge in [-0.1, -0.05) is 71.9 Å². The normalized spacial score (nSPS) is 11.8. The van der Waals surface area contributed by atoms with Crippen molar-refractivity contribution in [3.05, 3.63) is 58.0 Å². The van der Waals surface area contributed by atoms with Crippen molar-refractivity contribution in [2.24, 2.45) is 0 Å². The minimum absolute atomic E-state index is 0.196. The van der Waals surface area contributed by atoms with Gasteiger partial charge in [0.25, 0.3) is 0 Å². The molecule has 2 rings (SSSR count). The zero-order valence-corrected chi connectivity index (χ0v) is 14.1. The highest BCUT2D eigenvalue weighted by Gasteiger charge is 2.44.